The molecular weight excluding hydrogens is 394 g/mol. The first-order chi connectivity index (χ1) is 15.1. The molecule has 1 aliphatic rings. The molecule has 0 radical (unpaired) electrons. The van der Waals surface area contributed by atoms with Gasteiger partial charge in [-0.25, -0.2) is 4.98 Å². The Morgan fingerprint density at radius 1 is 1.06 bits per heavy atom. The summed E-state index contributed by atoms with van der Waals surface area (Å²) in [6.07, 6.45) is 1.69. The monoisotopic (exact) mass is 419 g/mol. The van der Waals surface area contributed by atoms with Gasteiger partial charge in [0.2, 0.25) is 0 Å². The third-order valence-electron chi connectivity index (χ3n) is 5.04. The zero-order valence-electron chi connectivity index (χ0n) is 17.3. The second kappa shape index (κ2) is 9.36. The van der Waals surface area contributed by atoms with E-state index in [1.807, 2.05) is 42.5 Å². The molecule has 2 heterocycles. The van der Waals surface area contributed by atoms with E-state index in [0.29, 0.717) is 30.3 Å². The molecule has 4 N–H and O–H groups in total. The number of morpholine rings is 1. The van der Waals surface area contributed by atoms with Crippen LogP contribution >= 0.6 is 0 Å². The number of hydrogen-bond donors (Lipinski definition) is 3. The number of nitrogens with one attached hydrogen (secondary N) is 2. The normalized spacial score (nSPS) is 13.5. The van der Waals surface area contributed by atoms with Gasteiger partial charge in [-0.15, -0.1) is 0 Å². The van der Waals surface area contributed by atoms with Crippen LogP contribution in [0.25, 0.3) is 0 Å². The molecule has 1 aromatic heterocycles. The summed E-state index contributed by atoms with van der Waals surface area (Å²) in [4.78, 5) is 18.3. The van der Waals surface area contributed by atoms with Crippen LogP contribution in [-0.4, -0.2) is 44.3 Å². The lowest BCUT2D eigenvalue weighted by Gasteiger charge is -2.30. The Balaban J connectivity index is 1.52. The molecule has 0 saturated carbocycles. The largest absolute Gasteiger partial charge is 0.495 e. The predicted octanol–water partition coefficient (Wildman–Crippen LogP) is 3.51. The SMILES string of the molecule is COc1cc(Nc2cc(Nc3ccccc3C(N)=O)ccn2)ccc1N1CCOCC1. The first-order valence-corrected chi connectivity index (χ1v) is 10.0. The van der Waals surface area contributed by atoms with Gasteiger partial charge in [0.1, 0.15) is 11.6 Å². The van der Waals surface area contributed by atoms with Crippen LogP contribution in [0.2, 0.25) is 0 Å². The van der Waals surface area contributed by atoms with Gasteiger partial charge in [-0.2, -0.15) is 0 Å². The van der Waals surface area contributed by atoms with Gasteiger partial charge in [-0.05, 0) is 30.3 Å². The maximum atomic E-state index is 11.7. The van der Waals surface area contributed by atoms with Crippen molar-refractivity contribution in [2.24, 2.45) is 5.73 Å². The highest BCUT2D eigenvalue weighted by atomic mass is 16.5. The number of aromatic nitrogens is 1. The van der Waals surface area contributed by atoms with E-state index in [0.717, 1.165) is 35.9 Å². The molecule has 0 unspecified atom stereocenters. The van der Waals surface area contributed by atoms with Crippen molar-refractivity contribution in [2.45, 2.75) is 0 Å². The van der Waals surface area contributed by atoms with Crippen LogP contribution in [0.5, 0.6) is 5.75 Å². The Morgan fingerprint density at radius 3 is 2.61 bits per heavy atom. The van der Waals surface area contributed by atoms with Gasteiger partial charge < -0.3 is 30.7 Å². The summed E-state index contributed by atoms with van der Waals surface area (Å²) in [5.74, 6) is 0.960. The fraction of sp³-hybridized carbons (Fsp3) is 0.217. The Hall–Kier alpha value is -3.78. The summed E-state index contributed by atoms with van der Waals surface area (Å²) in [6, 6.07) is 16.8. The van der Waals surface area contributed by atoms with Crippen molar-refractivity contribution in [1.82, 2.24) is 4.98 Å². The lowest BCUT2D eigenvalue weighted by atomic mass is 10.1. The van der Waals surface area contributed by atoms with Crippen molar-refractivity contribution in [3.05, 3.63) is 66.4 Å². The molecule has 1 fully saturated rings. The fourth-order valence-corrected chi connectivity index (χ4v) is 3.51. The molecular formula is C23H25N5O3. The molecule has 0 spiro atoms. The first kappa shape index (κ1) is 20.5. The topological polar surface area (TPSA) is 102 Å². The Kier molecular flexibility index (Phi) is 6.18. The Morgan fingerprint density at radius 2 is 1.84 bits per heavy atom. The molecule has 1 aliphatic heterocycles. The number of pyridine rings is 1. The summed E-state index contributed by atoms with van der Waals surface area (Å²) < 4.78 is 11.1. The van der Waals surface area contributed by atoms with Crippen LogP contribution in [-0.2, 0) is 4.74 Å². The van der Waals surface area contributed by atoms with Crippen molar-refractivity contribution >= 4 is 34.5 Å². The van der Waals surface area contributed by atoms with Gasteiger partial charge in [0.25, 0.3) is 5.91 Å². The van der Waals surface area contributed by atoms with E-state index >= 15 is 0 Å². The Labute approximate surface area is 181 Å². The quantitative estimate of drug-likeness (QED) is 0.539. The van der Waals surface area contributed by atoms with Gasteiger partial charge in [-0.1, -0.05) is 12.1 Å². The molecule has 0 bridgehead atoms. The number of carbonyl (C=O) groups is 1. The van der Waals surface area contributed by atoms with Crippen LogP contribution in [0.4, 0.5) is 28.6 Å². The molecule has 160 valence electrons. The summed E-state index contributed by atoms with van der Waals surface area (Å²) in [6.45, 7) is 3.11. The van der Waals surface area contributed by atoms with Crippen LogP contribution in [0.3, 0.4) is 0 Å². The number of methoxy groups -OCH3 is 1. The third-order valence-corrected chi connectivity index (χ3v) is 5.04. The number of benzene rings is 2. The summed E-state index contributed by atoms with van der Waals surface area (Å²) >= 11 is 0. The minimum Gasteiger partial charge on any atom is -0.495 e. The highest BCUT2D eigenvalue weighted by Gasteiger charge is 2.16. The molecule has 2 aromatic carbocycles. The van der Waals surface area contributed by atoms with Gasteiger partial charge >= 0.3 is 0 Å². The number of amides is 1. The highest BCUT2D eigenvalue weighted by Crippen LogP contribution is 2.33. The highest BCUT2D eigenvalue weighted by molar-refractivity contribution is 5.99. The third kappa shape index (κ3) is 4.87. The van der Waals surface area contributed by atoms with Gasteiger partial charge in [0.15, 0.2) is 0 Å². The second-order valence-electron chi connectivity index (χ2n) is 7.08. The lowest BCUT2D eigenvalue weighted by molar-refractivity contribution is 0.100. The smallest absolute Gasteiger partial charge is 0.250 e. The molecule has 0 aliphatic carbocycles. The molecule has 3 aromatic rings. The number of carbonyl (C=O) groups excluding carboxylic acids is 1. The summed E-state index contributed by atoms with van der Waals surface area (Å²) in [5, 5.41) is 6.54. The van der Waals surface area contributed by atoms with Crippen LogP contribution < -0.4 is 26.0 Å². The van der Waals surface area contributed by atoms with Crippen LogP contribution in [0.1, 0.15) is 10.4 Å². The minimum atomic E-state index is -0.483. The average Bonchev–Trinajstić information content (AvgIpc) is 2.80. The van der Waals surface area contributed by atoms with E-state index in [9.17, 15) is 4.79 Å². The minimum absolute atomic E-state index is 0.428. The van der Waals surface area contributed by atoms with E-state index in [2.05, 4.69) is 20.5 Å². The van der Waals surface area contributed by atoms with Gasteiger partial charge in [-0.3, -0.25) is 4.79 Å². The average molecular weight is 419 g/mol. The number of ether oxygens (including phenoxy) is 2. The number of anilines is 5. The van der Waals surface area contributed by atoms with E-state index in [4.69, 9.17) is 15.2 Å². The lowest BCUT2D eigenvalue weighted by Crippen LogP contribution is -2.36. The number of nitrogens with zero attached hydrogens (tertiary/aromatic N) is 2. The maximum Gasteiger partial charge on any atom is 0.250 e. The van der Waals surface area contributed by atoms with Crippen molar-refractivity contribution in [2.75, 3.05) is 48.9 Å². The summed E-state index contributed by atoms with van der Waals surface area (Å²) in [7, 11) is 1.67. The van der Waals surface area contributed by atoms with Crippen molar-refractivity contribution < 1.29 is 14.3 Å². The molecule has 1 saturated heterocycles. The summed E-state index contributed by atoms with van der Waals surface area (Å²) in [5.41, 5.74) is 9.22. The van der Waals surface area contributed by atoms with Crippen LogP contribution in [0.15, 0.2) is 60.8 Å². The predicted molar refractivity (Wildman–Crippen MR) is 122 cm³/mol. The van der Waals surface area contributed by atoms with Gasteiger partial charge in [0.05, 0.1) is 37.3 Å². The Bertz CT molecular complexity index is 1070. The van der Waals surface area contributed by atoms with Crippen molar-refractivity contribution in [1.29, 1.82) is 0 Å². The first-order valence-electron chi connectivity index (χ1n) is 10.0. The number of primary amides is 1. The molecule has 1 amide bonds. The fourth-order valence-electron chi connectivity index (χ4n) is 3.51. The molecule has 8 nitrogen and oxygen atoms in total. The number of nitrogens with two attached hydrogens (primary N) is 1. The number of para-hydroxylation sites is 1. The van der Waals surface area contributed by atoms with Gasteiger partial charge in [0, 0.05) is 42.8 Å². The van der Waals surface area contributed by atoms with E-state index < -0.39 is 5.91 Å². The van der Waals surface area contributed by atoms with Crippen molar-refractivity contribution in [3.63, 3.8) is 0 Å². The number of hydrogen-bond acceptors (Lipinski definition) is 7. The molecule has 31 heavy (non-hydrogen) atoms. The number of rotatable bonds is 7. The second-order valence-corrected chi connectivity index (χ2v) is 7.08. The maximum absolute atomic E-state index is 11.7. The molecule has 8 heteroatoms. The zero-order chi connectivity index (χ0) is 21.6. The molecule has 0 atom stereocenters. The van der Waals surface area contributed by atoms with E-state index in [-0.39, 0.29) is 0 Å². The van der Waals surface area contributed by atoms with E-state index in [1.54, 1.807) is 25.4 Å². The zero-order valence-corrected chi connectivity index (χ0v) is 17.3. The van der Waals surface area contributed by atoms with Crippen molar-refractivity contribution in [3.8, 4) is 5.75 Å². The van der Waals surface area contributed by atoms with E-state index in [1.165, 1.54) is 0 Å². The molecule has 4 rings (SSSR count). The standard InChI is InChI=1S/C23H25N5O3/c1-30-21-14-16(6-7-20(21)28-10-12-31-13-11-28)27-22-15-17(8-9-25-22)26-19-5-3-2-4-18(19)23(24)29/h2-9,14-15H,10-13H2,1H3,(H2,24,29)(H2,25,26,27). The van der Waals surface area contributed by atoms with Crippen LogP contribution in [0, 0.1) is 0 Å².